The van der Waals surface area contributed by atoms with E-state index >= 15 is 0 Å². The van der Waals surface area contributed by atoms with Gasteiger partial charge in [-0.2, -0.15) is 0 Å². The molecule has 18 heavy (non-hydrogen) atoms. The number of benzene rings is 1. The molecule has 100 valence electrons. The highest BCUT2D eigenvalue weighted by molar-refractivity contribution is 9.10. The van der Waals surface area contributed by atoms with E-state index in [-0.39, 0.29) is 24.5 Å². The molecule has 0 spiro atoms. The maximum atomic E-state index is 13.0. The first-order valence-corrected chi connectivity index (χ1v) is 6.49. The molecule has 0 aliphatic rings. The molecule has 1 aromatic carbocycles. The van der Waals surface area contributed by atoms with Crippen molar-refractivity contribution in [3.8, 4) is 0 Å². The number of aliphatic hydroxyl groups excluding tert-OH is 1. The van der Waals surface area contributed by atoms with Crippen LogP contribution in [-0.2, 0) is 0 Å². The smallest absolute Gasteiger partial charge is 0.319 e. The van der Waals surface area contributed by atoms with Crippen molar-refractivity contribution in [3.63, 3.8) is 0 Å². The Labute approximate surface area is 114 Å². The lowest BCUT2D eigenvalue weighted by molar-refractivity contribution is 0.237. The van der Waals surface area contributed by atoms with Crippen LogP contribution in [0.5, 0.6) is 0 Å². The summed E-state index contributed by atoms with van der Waals surface area (Å²) in [5.74, 6) is -0.382. The predicted octanol–water partition coefficient (Wildman–Crippen LogP) is 2.87. The molecule has 1 atom stereocenters. The Hall–Kier alpha value is -1.14. The summed E-state index contributed by atoms with van der Waals surface area (Å²) in [5, 5.41) is 14.2. The number of hydrogen-bond donors (Lipinski definition) is 3. The van der Waals surface area contributed by atoms with E-state index in [1.807, 2.05) is 6.92 Å². The molecule has 1 unspecified atom stereocenters. The second-order valence-corrected chi connectivity index (χ2v) is 4.70. The van der Waals surface area contributed by atoms with Crippen molar-refractivity contribution in [2.24, 2.45) is 0 Å². The lowest BCUT2D eigenvalue weighted by atomic mass is 10.2. The third-order valence-electron chi connectivity index (χ3n) is 2.48. The van der Waals surface area contributed by atoms with Gasteiger partial charge in [0.1, 0.15) is 5.82 Å². The maximum Gasteiger partial charge on any atom is 0.319 e. The van der Waals surface area contributed by atoms with E-state index < -0.39 is 0 Å². The summed E-state index contributed by atoms with van der Waals surface area (Å²) in [6, 6.07) is 3.80. The van der Waals surface area contributed by atoms with Crippen molar-refractivity contribution in [2.75, 3.05) is 11.9 Å². The molecule has 1 aromatic rings. The number of carbonyl (C=O) groups is 1. The summed E-state index contributed by atoms with van der Waals surface area (Å²) in [4.78, 5) is 11.6. The van der Waals surface area contributed by atoms with Gasteiger partial charge in [-0.1, -0.05) is 6.92 Å². The number of nitrogens with one attached hydrogen (secondary N) is 2. The molecule has 0 saturated carbocycles. The first-order valence-electron chi connectivity index (χ1n) is 5.70. The molecule has 0 heterocycles. The van der Waals surface area contributed by atoms with E-state index in [2.05, 4.69) is 26.6 Å². The highest BCUT2D eigenvalue weighted by atomic mass is 79.9. The number of rotatable bonds is 5. The van der Waals surface area contributed by atoms with Gasteiger partial charge in [-0.05, 0) is 47.0 Å². The molecule has 0 aromatic heterocycles. The molecule has 1 rings (SSSR count). The minimum atomic E-state index is -0.382. The van der Waals surface area contributed by atoms with Gasteiger partial charge in [-0.25, -0.2) is 9.18 Å². The third-order valence-corrected chi connectivity index (χ3v) is 3.09. The Balaban J connectivity index is 2.55. The summed E-state index contributed by atoms with van der Waals surface area (Å²) in [7, 11) is 0. The quantitative estimate of drug-likeness (QED) is 0.781. The number of anilines is 1. The van der Waals surface area contributed by atoms with Crippen molar-refractivity contribution in [1.29, 1.82) is 0 Å². The van der Waals surface area contributed by atoms with E-state index in [1.54, 1.807) is 0 Å². The van der Waals surface area contributed by atoms with Gasteiger partial charge in [0.15, 0.2) is 0 Å². The summed E-state index contributed by atoms with van der Waals surface area (Å²) < 4.78 is 13.3. The van der Waals surface area contributed by atoms with Gasteiger partial charge < -0.3 is 15.7 Å². The van der Waals surface area contributed by atoms with Crippen LogP contribution in [0.1, 0.15) is 19.8 Å². The van der Waals surface area contributed by atoms with Crippen LogP contribution in [0.15, 0.2) is 22.7 Å². The highest BCUT2D eigenvalue weighted by Gasteiger charge is 2.10. The lowest BCUT2D eigenvalue weighted by Gasteiger charge is -2.16. The number of amides is 2. The maximum absolute atomic E-state index is 13.0. The number of carbonyl (C=O) groups excluding carboxylic acids is 1. The Morgan fingerprint density at radius 3 is 2.83 bits per heavy atom. The lowest BCUT2D eigenvalue weighted by Crippen LogP contribution is -2.38. The van der Waals surface area contributed by atoms with Crippen molar-refractivity contribution in [3.05, 3.63) is 28.5 Å². The first-order chi connectivity index (χ1) is 8.56. The van der Waals surface area contributed by atoms with Gasteiger partial charge in [0.05, 0.1) is 4.47 Å². The number of aliphatic hydroxyl groups is 1. The molecular formula is C12H16BrFN2O2. The van der Waals surface area contributed by atoms with Crippen molar-refractivity contribution in [1.82, 2.24) is 5.32 Å². The number of halogens is 2. The van der Waals surface area contributed by atoms with Gasteiger partial charge in [0.2, 0.25) is 0 Å². The zero-order chi connectivity index (χ0) is 13.5. The van der Waals surface area contributed by atoms with E-state index in [9.17, 15) is 9.18 Å². The van der Waals surface area contributed by atoms with Crippen LogP contribution in [0, 0.1) is 5.82 Å². The molecule has 0 radical (unpaired) electrons. The Bertz CT molecular complexity index is 415. The van der Waals surface area contributed by atoms with E-state index in [0.29, 0.717) is 16.6 Å². The van der Waals surface area contributed by atoms with Gasteiger partial charge in [0, 0.05) is 18.3 Å². The summed E-state index contributed by atoms with van der Waals surface area (Å²) >= 11 is 3.05. The van der Waals surface area contributed by atoms with Crippen LogP contribution in [0.4, 0.5) is 14.9 Å². The topological polar surface area (TPSA) is 61.4 Å². The Kier molecular flexibility index (Phi) is 6.07. The van der Waals surface area contributed by atoms with Crippen molar-refractivity contribution >= 4 is 27.6 Å². The molecule has 0 aliphatic heterocycles. The molecule has 3 N–H and O–H groups in total. The van der Waals surface area contributed by atoms with Crippen LogP contribution >= 0.6 is 15.9 Å². The molecule has 2 amide bonds. The second kappa shape index (κ2) is 7.33. The van der Waals surface area contributed by atoms with Crippen LogP contribution in [0.3, 0.4) is 0 Å². The van der Waals surface area contributed by atoms with E-state index in [1.165, 1.54) is 18.2 Å². The van der Waals surface area contributed by atoms with Crippen LogP contribution in [0.2, 0.25) is 0 Å². The van der Waals surface area contributed by atoms with Crippen LogP contribution in [-0.4, -0.2) is 23.8 Å². The van der Waals surface area contributed by atoms with Gasteiger partial charge in [0.25, 0.3) is 0 Å². The summed E-state index contributed by atoms with van der Waals surface area (Å²) in [5.41, 5.74) is 0.500. The monoisotopic (exact) mass is 318 g/mol. The fourth-order valence-electron chi connectivity index (χ4n) is 1.46. The van der Waals surface area contributed by atoms with Crippen LogP contribution in [0.25, 0.3) is 0 Å². The van der Waals surface area contributed by atoms with E-state index in [4.69, 9.17) is 5.11 Å². The standard InChI is InChI=1S/C12H16BrFN2O2/c1-2-8(5-6-17)15-12(18)16-9-3-4-11(14)10(13)7-9/h3-4,7-8,17H,2,5-6H2,1H3,(H2,15,16,18). The van der Waals surface area contributed by atoms with Gasteiger partial charge in [-0.15, -0.1) is 0 Å². The van der Waals surface area contributed by atoms with E-state index in [0.717, 1.165) is 6.42 Å². The number of hydrogen-bond acceptors (Lipinski definition) is 2. The minimum absolute atomic E-state index is 0.0287. The summed E-state index contributed by atoms with van der Waals surface area (Å²) in [6.45, 7) is 1.95. The average molecular weight is 319 g/mol. The largest absolute Gasteiger partial charge is 0.396 e. The molecule has 0 bridgehead atoms. The zero-order valence-corrected chi connectivity index (χ0v) is 11.6. The predicted molar refractivity (Wildman–Crippen MR) is 72.0 cm³/mol. The fraction of sp³-hybridized carbons (Fsp3) is 0.417. The Morgan fingerprint density at radius 1 is 1.56 bits per heavy atom. The average Bonchev–Trinajstić information content (AvgIpc) is 2.33. The summed E-state index contributed by atoms with van der Waals surface area (Å²) in [6.07, 6.45) is 1.25. The third kappa shape index (κ3) is 4.62. The molecule has 6 heteroatoms. The van der Waals surface area contributed by atoms with Crippen molar-refractivity contribution < 1.29 is 14.3 Å². The molecule has 0 aliphatic carbocycles. The Morgan fingerprint density at radius 2 is 2.28 bits per heavy atom. The molecule has 0 saturated heterocycles. The highest BCUT2D eigenvalue weighted by Crippen LogP contribution is 2.19. The molecular weight excluding hydrogens is 303 g/mol. The van der Waals surface area contributed by atoms with Crippen molar-refractivity contribution in [2.45, 2.75) is 25.8 Å². The van der Waals surface area contributed by atoms with Gasteiger partial charge >= 0.3 is 6.03 Å². The van der Waals surface area contributed by atoms with Gasteiger partial charge in [-0.3, -0.25) is 0 Å². The molecule has 4 nitrogen and oxygen atoms in total. The fourth-order valence-corrected chi connectivity index (χ4v) is 1.84. The minimum Gasteiger partial charge on any atom is -0.396 e. The van der Waals surface area contributed by atoms with Crippen LogP contribution < -0.4 is 10.6 Å². The SMILES string of the molecule is CCC(CCO)NC(=O)Nc1ccc(F)c(Br)c1. The zero-order valence-electron chi connectivity index (χ0n) is 10.0. The normalized spacial score (nSPS) is 12.0. The number of urea groups is 1. The second-order valence-electron chi connectivity index (χ2n) is 3.84. The first kappa shape index (κ1) is 14.9. The molecule has 0 fully saturated rings.